The highest BCUT2D eigenvalue weighted by atomic mass is 79.9. The van der Waals surface area contributed by atoms with Crippen molar-refractivity contribution < 1.29 is 24.2 Å². The van der Waals surface area contributed by atoms with E-state index in [-0.39, 0.29) is 6.73 Å². The lowest BCUT2D eigenvalue weighted by Crippen LogP contribution is -2.36. The van der Waals surface area contributed by atoms with Crippen molar-refractivity contribution in [3.63, 3.8) is 0 Å². The molecule has 37 heavy (non-hydrogen) atoms. The number of nitrogens with zero attached hydrogens (tertiary/aromatic N) is 3. The van der Waals surface area contributed by atoms with Crippen molar-refractivity contribution in [3.05, 3.63) is 47.3 Å². The van der Waals surface area contributed by atoms with Crippen LogP contribution in [0.25, 0.3) is 11.3 Å². The van der Waals surface area contributed by atoms with Gasteiger partial charge < -0.3 is 24.5 Å². The summed E-state index contributed by atoms with van der Waals surface area (Å²) < 4.78 is 14.1. The Balaban J connectivity index is 2.43. The normalized spacial score (nSPS) is 12.6. The predicted molar refractivity (Wildman–Crippen MR) is 153 cm³/mol. The number of alkyl carbamates (subject to hydrolysis) is 1. The van der Waals surface area contributed by atoms with Crippen molar-refractivity contribution in [3.8, 4) is 11.3 Å². The monoisotopic (exact) mass is 594 g/mol. The number of anilines is 1. The molecule has 0 saturated carbocycles. The molecular formula is C26H39BrN4O5Si. The smallest absolute Gasteiger partial charge is 0.411 e. The molecule has 0 radical (unpaired) electrons. The van der Waals surface area contributed by atoms with Crippen LogP contribution in [0.5, 0.6) is 0 Å². The number of nitrogens with one attached hydrogen (secondary N) is 1. The average Bonchev–Trinajstić information content (AvgIpc) is 3.17. The first-order valence-corrected chi connectivity index (χ1v) is 16.6. The Labute approximate surface area is 229 Å². The van der Waals surface area contributed by atoms with E-state index in [1.807, 2.05) is 37.6 Å². The first-order chi connectivity index (χ1) is 17.1. The van der Waals surface area contributed by atoms with Gasteiger partial charge in [0.15, 0.2) is 0 Å². The van der Waals surface area contributed by atoms with Gasteiger partial charge in [0.1, 0.15) is 18.2 Å². The number of hydrogen-bond acceptors (Lipinski definition) is 5. The molecule has 11 heteroatoms. The van der Waals surface area contributed by atoms with Crippen LogP contribution >= 0.6 is 15.9 Å². The highest BCUT2D eigenvalue weighted by Crippen LogP contribution is 2.33. The van der Waals surface area contributed by atoms with Gasteiger partial charge in [0, 0.05) is 43.6 Å². The maximum Gasteiger partial charge on any atom is 0.411 e. The Morgan fingerprint density at radius 3 is 2.54 bits per heavy atom. The number of aromatic nitrogens is 2. The van der Waals surface area contributed by atoms with Crippen LogP contribution in [0.4, 0.5) is 15.3 Å². The Morgan fingerprint density at radius 1 is 1.32 bits per heavy atom. The maximum atomic E-state index is 12.6. The van der Waals surface area contributed by atoms with Crippen molar-refractivity contribution in [2.75, 3.05) is 18.6 Å². The molecule has 0 bridgehead atoms. The summed E-state index contributed by atoms with van der Waals surface area (Å²) in [7, 11) is 0.228. The van der Waals surface area contributed by atoms with E-state index in [9.17, 15) is 14.7 Å². The van der Waals surface area contributed by atoms with Crippen LogP contribution in [-0.2, 0) is 16.2 Å². The first kappa shape index (κ1) is 30.6. The molecule has 0 aliphatic heterocycles. The molecule has 2 rings (SSSR count). The van der Waals surface area contributed by atoms with Crippen molar-refractivity contribution in [2.45, 2.75) is 71.3 Å². The molecule has 2 aromatic rings. The summed E-state index contributed by atoms with van der Waals surface area (Å²) in [6, 6.07) is 5.80. The van der Waals surface area contributed by atoms with Gasteiger partial charge in [0.25, 0.3) is 0 Å². The molecule has 0 aliphatic carbocycles. The minimum atomic E-state index is -1.25. The molecule has 1 heterocycles. The fourth-order valence-corrected chi connectivity index (χ4v) is 4.69. The fourth-order valence-electron chi connectivity index (χ4n) is 3.36. The second kappa shape index (κ2) is 12.7. The van der Waals surface area contributed by atoms with Crippen LogP contribution in [0.15, 0.2) is 41.5 Å². The van der Waals surface area contributed by atoms with E-state index in [0.29, 0.717) is 34.7 Å². The number of carboxylic acid groups (broad SMARTS) is 1. The molecule has 9 nitrogen and oxygen atoms in total. The van der Waals surface area contributed by atoms with Crippen molar-refractivity contribution in [2.24, 2.45) is 0 Å². The van der Waals surface area contributed by atoms with Crippen molar-refractivity contribution in [1.82, 2.24) is 14.9 Å². The van der Waals surface area contributed by atoms with E-state index in [0.717, 1.165) is 16.5 Å². The number of ether oxygens (including phenoxy) is 2. The quantitative estimate of drug-likeness (QED) is 0.167. The van der Waals surface area contributed by atoms with E-state index < -0.39 is 31.9 Å². The van der Waals surface area contributed by atoms with E-state index in [2.05, 4.69) is 47.5 Å². The summed E-state index contributed by atoms with van der Waals surface area (Å²) in [6.45, 7) is 17.1. The largest absolute Gasteiger partial charge is 0.465 e. The Morgan fingerprint density at radius 2 is 2.00 bits per heavy atom. The third-order valence-electron chi connectivity index (χ3n) is 5.34. The third kappa shape index (κ3) is 9.64. The van der Waals surface area contributed by atoms with Crippen LogP contribution in [0, 0.1) is 0 Å². The number of halogens is 1. The van der Waals surface area contributed by atoms with Crippen LogP contribution < -0.4 is 10.2 Å². The van der Waals surface area contributed by atoms with Gasteiger partial charge in [-0.05, 0) is 51.4 Å². The number of carbonyl (C=O) groups excluding carboxylic acids is 1. The van der Waals surface area contributed by atoms with Gasteiger partial charge in [-0.3, -0.25) is 4.90 Å². The van der Waals surface area contributed by atoms with Crippen molar-refractivity contribution in [1.29, 1.82) is 0 Å². The average molecular weight is 596 g/mol. The molecule has 0 saturated heterocycles. The zero-order valence-electron chi connectivity index (χ0n) is 22.8. The highest BCUT2D eigenvalue weighted by molar-refractivity contribution is 9.10. The molecule has 1 aromatic heterocycles. The minimum absolute atomic E-state index is 0.272. The summed E-state index contributed by atoms with van der Waals surface area (Å²) in [6.07, 6.45) is 2.43. The van der Waals surface area contributed by atoms with Crippen molar-refractivity contribution >= 4 is 41.9 Å². The second-order valence-electron chi connectivity index (χ2n) is 11.0. The maximum absolute atomic E-state index is 12.6. The van der Waals surface area contributed by atoms with E-state index >= 15 is 0 Å². The van der Waals surface area contributed by atoms with Gasteiger partial charge in [0.2, 0.25) is 0 Å². The number of hydrogen-bond donors (Lipinski definition) is 2. The van der Waals surface area contributed by atoms with Crippen LogP contribution in [0.1, 0.15) is 39.1 Å². The number of amides is 2. The highest BCUT2D eigenvalue weighted by Gasteiger charge is 2.25. The van der Waals surface area contributed by atoms with Crippen LogP contribution in [0.2, 0.25) is 25.7 Å². The third-order valence-corrected chi connectivity index (χ3v) is 7.70. The van der Waals surface area contributed by atoms with E-state index in [4.69, 9.17) is 14.5 Å². The van der Waals surface area contributed by atoms with Gasteiger partial charge in [-0.2, -0.15) is 0 Å². The summed E-state index contributed by atoms with van der Waals surface area (Å²) in [5.74, 6) is 0.604. The predicted octanol–water partition coefficient (Wildman–Crippen LogP) is 6.88. The topological polar surface area (TPSA) is 106 Å². The number of rotatable bonds is 11. The summed E-state index contributed by atoms with van der Waals surface area (Å²) in [5.41, 5.74) is 1.31. The van der Waals surface area contributed by atoms with E-state index in [1.54, 1.807) is 18.2 Å². The molecule has 1 aromatic carbocycles. The van der Waals surface area contributed by atoms with Gasteiger partial charge in [-0.15, -0.1) is 6.58 Å². The molecule has 0 unspecified atom stereocenters. The lowest BCUT2D eigenvalue weighted by molar-refractivity contribution is 0.0492. The first-order valence-electron chi connectivity index (χ1n) is 12.1. The molecule has 2 amide bonds. The summed E-state index contributed by atoms with van der Waals surface area (Å²) >= 11 is 3.56. The molecule has 2 N–H and O–H groups in total. The zero-order valence-corrected chi connectivity index (χ0v) is 25.4. The molecule has 1 atom stereocenters. The fraction of sp³-hybridized carbons (Fsp3) is 0.500. The van der Waals surface area contributed by atoms with Crippen LogP contribution in [-0.4, -0.2) is 54.2 Å². The zero-order chi connectivity index (χ0) is 28.0. The van der Waals surface area contributed by atoms with Gasteiger partial charge in [0.05, 0.1) is 11.7 Å². The van der Waals surface area contributed by atoms with Gasteiger partial charge in [-0.25, -0.2) is 14.6 Å². The Hall–Kier alpha value is -2.63. The van der Waals surface area contributed by atoms with Gasteiger partial charge in [-0.1, -0.05) is 41.6 Å². The molecule has 0 spiro atoms. The lowest BCUT2D eigenvalue weighted by Gasteiger charge is -2.23. The molecule has 0 aliphatic rings. The lowest BCUT2D eigenvalue weighted by atomic mass is 10.1. The number of imidazole rings is 1. The number of benzene rings is 1. The van der Waals surface area contributed by atoms with Gasteiger partial charge >= 0.3 is 12.2 Å². The minimum Gasteiger partial charge on any atom is -0.465 e. The molecular weight excluding hydrogens is 556 g/mol. The Kier molecular flexibility index (Phi) is 10.5. The standard InChI is InChI=1S/C26H39BrN4O5Si/c1-9-10-21(29-24(32)36-26(2,3)4)23-28-22(16-31(23)17-35-13-14-37(6,7)8)19-12-11-18(15-20(19)27)30(5)25(33)34/h9,11-12,15-16,21H,1,10,13-14,17H2,2-8H3,(H,29,32)(H,33,34)/t21-/m0/s1. The molecule has 0 fully saturated rings. The second-order valence-corrected chi connectivity index (χ2v) is 17.5. The Bertz CT molecular complexity index is 1110. The van der Waals surface area contributed by atoms with Crippen LogP contribution in [0.3, 0.4) is 0 Å². The summed E-state index contributed by atoms with van der Waals surface area (Å²) in [5, 5.41) is 12.2. The number of carbonyl (C=O) groups is 2. The SMILES string of the molecule is C=CC[C@H](NC(=O)OC(C)(C)C)c1nc(-c2ccc(N(C)C(=O)O)cc2Br)cn1COCC[Si](C)(C)C. The molecule has 204 valence electrons. The van der Waals surface area contributed by atoms with E-state index in [1.165, 1.54) is 7.05 Å². The summed E-state index contributed by atoms with van der Waals surface area (Å²) in [4.78, 5) is 29.9.